The maximum atomic E-state index is 14.2. The number of nitrogens with zero attached hydrogens (tertiary/aromatic N) is 2. The molecule has 0 heterocycles. The molecule has 0 unspecified atom stereocenters. The molecule has 0 aromatic heterocycles. The monoisotopic (exact) mass is 672 g/mol. The van der Waals surface area contributed by atoms with Crippen LogP contribution in [0.2, 0.25) is 0 Å². The number of aliphatic hydroxyl groups is 1. The summed E-state index contributed by atoms with van der Waals surface area (Å²) in [5.41, 5.74) is 15.3. The van der Waals surface area contributed by atoms with Crippen LogP contribution in [0, 0.1) is 5.92 Å². The average Bonchev–Trinajstić information content (AvgIpc) is 3.09. The van der Waals surface area contributed by atoms with E-state index in [1.54, 1.807) is 24.3 Å². The highest BCUT2D eigenvalue weighted by Crippen LogP contribution is 2.30. The molecule has 4 aromatic rings. The second-order valence-corrected chi connectivity index (χ2v) is 13.9. The maximum absolute atomic E-state index is 14.2. The molecule has 4 rings (SSSR count). The van der Waals surface area contributed by atoms with Gasteiger partial charge in [-0.1, -0.05) is 86.6 Å². The lowest BCUT2D eigenvalue weighted by Gasteiger charge is -2.31. The van der Waals surface area contributed by atoms with Crippen LogP contribution in [0.4, 0.5) is 16.2 Å². The van der Waals surface area contributed by atoms with Gasteiger partial charge in [0, 0.05) is 18.2 Å². The van der Waals surface area contributed by atoms with Gasteiger partial charge in [-0.15, -0.1) is 0 Å². The molecule has 0 bridgehead atoms. The molecule has 0 aliphatic heterocycles. The third-order valence-electron chi connectivity index (χ3n) is 8.21. The number of nitrogens with two attached hydrogens (primary N) is 2. The van der Waals surface area contributed by atoms with E-state index in [2.05, 4.69) is 0 Å². The Balaban J connectivity index is 1.69. The number of anilines is 2. The summed E-state index contributed by atoms with van der Waals surface area (Å²) in [4.78, 5) is 28.3. The Morgan fingerprint density at radius 3 is 1.96 bits per heavy atom. The molecule has 11 heteroatoms. The van der Waals surface area contributed by atoms with Crippen LogP contribution < -0.4 is 16.4 Å². The van der Waals surface area contributed by atoms with Crippen molar-refractivity contribution >= 4 is 33.4 Å². The van der Waals surface area contributed by atoms with Gasteiger partial charge in [0.2, 0.25) is 10.0 Å². The summed E-state index contributed by atoms with van der Waals surface area (Å²) < 4.78 is 34.1. The third-order valence-corrected chi connectivity index (χ3v) is 10.2. The first-order valence-electron chi connectivity index (χ1n) is 15.8. The summed E-state index contributed by atoms with van der Waals surface area (Å²) in [5.74, 6) is -1.04. The minimum atomic E-state index is -4.01. The minimum Gasteiger partial charge on any atom is -0.452 e. The summed E-state index contributed by atoms with van der Waals surface area (Å²) in [7, 11) is -2.83. The van der Waals surface area contributed by atoms with E-state index in [9.17, 15) is 23.1 Å². The fourth-order valence-corrected chi connectivity index (χ4v) is 7.28. The molecule has 4 aromatic carbocycles. The smallest absolute Gasteiger partial charge is 0.420 e. The fourth-order valence-electron chi connectivity index (χ4n) is 5.65. The van der Waals surface area contributed by atoms with Gasteiger partial charge in [0.05, 0.1) is 36.4 Å². The van der Waals surface area contributed by atoms with E-state index in [1.807, 2.05) is 74.5 Å². The quantitative estimate of drug-likeness (QED) is 0.155. The normalized spacial score (nSPS) is 13.0. The topological polar surface area (TPSA) is 156 Å². The van der Waals surface area contributed by atoms with E-state index in [1.165, 1.54) is 35.7 Å². The van der Waals surface area contributed by atoms with Gasteiger partial charge >= 0.3 is 6.09 Å². The highest BCUT2D eigenvalue weighted by Gasteiger charge is 2.36. The number of nitrogen functional groups attached to an aromatic ring is 1. The molecule has 48 heavy (non-hydrogen) atoms. The number of methoxy groups -OCH3 is 1. The zero-order valence-corrected chi connectivity index (χ0v) is 28.3. The summed E-state index contributed by atoms with van der Waals surface area (Å²) in [6.45, 7) is 3.71. The first-order valence-corrected chi connectivity index (χ1v) is 17.3. The first kappa shape index (κ1) is 36.3. The lowest BCUT2D eigenvalue weighted by molar-refractivity contribution is -0.119. The number of carbonyl (C=O) groups is 2. The molecule has 2 amide bonds. The molecule has 0 saturated carbocycles. The fraction of sp³-hybridized carbons (Fsp3) is 0.297. The summed E-state index contributed by atoms with van der Waals surface area (Å²) >= 11 is 0. The number of sulfonamides is 1. The molecule has 0 spiro atoms. The van der Waals surface area contributed by atoms with Crippen molar-refractivity contribution in [3.05, 3.63) is 126 Å². The highest BCUT2D eigenvalue weighted by molar-refractivity contribution is 7.89. The van der Waals surface area contributed by atoms with Crippen molar-refractivity contribution in [3.63, 3.8) is 0 Å². The molecule has 0 fully saturated rings. The second-order valence-electron chi connectivity index (χ2n) is 12.0. The van der Waals surface area contributed by atoms with Gasteiger partial charge in [0.15, 0.2) is 0 Å². The molecular formula is C37H44N4O6S. The summed E-state index contributed by atoms with van der Waals surface area (Å²) in [6.07, 6.45) is -0.254. The number of benzene rings is 4. The van der Waals surface area contributed by atoms with Crippen molar-refractivity contribution < 1.29 is 27.9 Å². The van der Waals surface area contributed by atoms with Gasteiger partial charge in [0.1, 0.15) is 0 Å². The minimum absolute atomic E-state index is 0.0653. The van der Waals surface area contributed by atoms with Crippen LogP contribution in [0.3, 0.4) is 0 Å². The van der Waals surface area contributed by atoms with Crippen LogP contribution in [0.15, 0.2) is 114 Å². The van der Waals surface area contributed by atoms with Crippen LogP contribution in [0.1, 0.15) is 42.9 Å². The Labute approximate surface area is 283 Å². The number of ether oxygens (including phenoxy) is 1. The van der Waals surface area contributed by atoms with E-state index >= 15 is 0 Å². The molecule has 2 atom stereocenters. The van der Waals surface area contributed by atoms with Crippen LogP contribution in [-0.2, 0) is 26.0 Å². The number of aliphatic hydroxyl groups excluding tert-OH is 1. The number of carbonyl (C=O) groups excluding carboxylic acids is 2. The predicted octanol–water partition coefficient (Wildman–Crippen LogP) is 5.17. The Morgan fingerprint density at radius 2 is 1.44 bits per heavy atom. The van der Waals surface area contributed by atoms with Gasteiger partial charge in [-0.3, -0.25) is 4.79 Å². The molecule has 5 N–H and O–H groups in total. The molecule has 0 radical (unpaired) electrons. The van der Waals surface area contributed by atoms with Gasteiger partial charge < -0.3 is 21.3 Å². The van der Waals surface area contributed by atoms with E-state index in [0.29, 0.717) is 17.7 Å². The zero-order valence-electron chi connectivity index (χ0n) is 27.5. The van der Waals surface area contributed by atoms with Crippen LogP contribution in [-0.4, -0.2) is 62.2 Å². The third kappa shape index (κ3) is 8.67. The van der Waals surface area contributed by atoms with Crippen molar-refractivity contribution in [2.24, 2.45) is 11.7 Å². The standard InChI is InChI=1S/C37H44N4O6S/c1-26(2)21-22-40(48(45,46)33-19-17-30(38)18-20-33)32(25-42)24-27-11-10-16-31(23-27)41(37(44)47-3)36(43)35(39)34(28-12-6-4-7-13-28)29-14-8-5-9-15-29/h4-20,23,26,32,34-35,42H,21-22,24-25,38-39H2,1-3H3/t32-,35-/m0/s1. The van der Waals surface area contributed by atoms with Gasteiger partial charge in [-0.25, -0.2) is 18.1 Å². The number of amides is 2. The van der Waals surface area contributed by atoms with Gasteiger partial charge in [-0.2, -0.15) is 4.31 Å². The highest BCUT2D eigenvalue weighted by atomic mass is 32.2. The number of hydrogen-bond donors (Lipinski definition) is 3. The predicted molar refractivity (Wildman–Crippen MR) is 188 cm³/mol. The molecule has 0 aliphatic carbocycles. The number of hydrogen-bond acceptors (Lipinski definition) is 8. The lowest BCUT2D eigenvalue weighted by Crippen LogP contribution is -2.50. The van der Waals surface area contributed by atoms with Crippen molar-refractivity contribution in [1.82, 2.24) is 4.31 Å². The van der Waals surface area contributed by atoms with E-state index < -0.39 is 46.6 Å². The van der Waals surface area contributed by atoms with E-state index in [4.69, 9.17) is 16.2 Å². The van der Waals surface area contributed by atoms with E-state index in [0.717, 1.165) is 16.0 Å². The molecule has 0 aliphatic rings. The van der Waals surface area contributed by atoms with Crippen LogP contribution in [0.5, 0.6) is 0 Å². The number of rotatable bonds is 14. The Bertz CT molecular complexity index is 1710. The van der Waals surface area contributed by atoms with Gasteiger partial charge in [-0.05, 0) is 71.8 Å². The Morgan fingerprint density at radius 1 is 0.854 bits per heavy atom. The summed E-state index contributed by atoms with van der Waals surface area (Å²) in [6, 6.07) is 29.2. The van der Waals surface area contributed by atoms with Crippen LogP contribution >= 0.6 is 0 Å². The molecule has 254 valence electrons. The van der Waals surface area contributed by atoms with Crippen molar-refractivity contribution in [2.75, 3.05) is 30.9 Å². The zero-order chi connectivity index (χ0) is 34.8. The maximum Gasteiger partial charge on any atom is 0.420 e. The van der Waals surface area contributed by atoms with E-state index in [-0.39, 0.29) is 29.5 Å². The van der Waals surface area contributed by atoms with Crippen molar-refractivity contribution in [1.29, 1.82) is 0 Å². The SMILES string of the molecule is COC(=O)N(C(=O)[C@@H](N)C(c1ccccc1)c1ccccc1)c1cccc(C[C@@H](CO)N(CCC(C)C)S(=O)(=O)c2ccc(N)cc2)c1. The second kappa shape index (κ2) is 16.5. The lowest BCUT2D eigenvalue weighted by atomic mass is 9.84. The largest absolute Gasteiger partial charge is 0.452 e. The Kier molecular flexibility index (Phi) is 12.5. The Hall–Kier alpha value is -4.55. The molecule has 10 nitrogen and oxygen atoms in total. The number of imide groups is 1. The van der Waals surface area contributed by atoms with Crippen molar-refractivity contribution in [2.45, 2.75) is 49.6 Å². The molecular weight excluding hydrogens is 628 g/mol. The molecule has 0 saturated heterocycles. The first-order chi connectivity index (χ1) is 23.0. The average molecular weight is 673 g/mol. The summed E-state index contributed by atoms with van der Waals surface area (Å²) in [5, 5.41) is 10.5. The van der Waals surface area contributed by atoms with Gasteiger partial charge in [0.25, 0.3) is 5.91 Å². The van der Waals surface area contributed by atoms with Crippen LogP contribution in [0.25, 0.3) is 0 Å². The van der Waals surface area contributed by atoms with Crippen molar-refractivity contribution in [3.8, 4) is 0 Å².